The van der Waals surface area contributed by atoms with Crippen molar-refractivity contribution < 1.29 is 22.5 Å². The molecular weight excluding hydrogens is 757 g/mol. The highest BCUT2D eigenvalue weighted by Gasteiger charge is 2.27. The molecule has 1 aliphatic rings. The lowest BCUT2D eigenvalue weighted by Crippen LogP contribution is -2.16. The zero-order valence-corrected chi connectivity index (χ0v) is 24.4. The quantitative estimate of drug-likeness (QED) is 0.110. The van der Waals surface area contributed by atoms with E-state index in [2.05, 4.69) is 67.8 Å². The van der Waals surface area contributed by atoms with E-state index in [1.54, 1.807) is 12.1 Å². The molecule has 9 heteroatoms. The summed E-state index contributed by atoms with van der Waals surface area (Å²) in [5.74, 6) is -0.449. The van der Waals surface area contributed by atoms with E-state index in [9.17, 15) is 17.8 Å². The second kappa shape index (κ2) is 10.5. The third-order valence-electron chi connectivity index (χ3n) is 5.46. The van der Waals surface area contributed by atoms with Gasteiger partial charge >= 0.3 is 5.97 Å². The van der Waals surface area contributed by atoms with Gasteiger partial charge in [-0.25, -0.2) is 13.2 Å². The Labute approximate surface area is 224 Å². The Morgan fingerprint density at radius 3 is 2.29 bits per heavy atom. The Balaban J connectivity index is 2.11. The van der Waals surface area contributed by atoms with Crippen molar-refractivity contribution in [1.29, 1.82) is 0 Å². The number of hydrogen-bond acceptors (Lipinski definition) is 5. The maximum atomic E-state index is 13.0. The molecule has 0 atom stereocenters. The van der Waals surface area contributed by atoms with Crippen LogP contribution in [0.5, 0.6) is 5.75 Å². The third kappa shape index (κ3) is 6.12. The van der Waals surface area contributed by atoms with Gasteiger partial charge in [0.05, 0.1) is 10.5 Å². The third-order valence-corrected chi connectivity index (χ3v) is 10.1. The number of carbonyl (C=O) groups excluding carboxylic acids is 1. The molecule has 0 aromatic heterocycles. The predicted octanol–water partition coefficient (Wildman–Crippen LogP) is 6.79. The molecular formula is C22H22I3O5S-. The maximum Gasteiger partial charge on any atom is 0.344 e. The van der Waals surface area contributed by atoms with Crippen molar-refractivity contribution in [1.82, 2.24) is 0 Å². The Bertz CT molecular complexity index is 1110. The lowest BCUT2D eigenvalue weighted by atomic mass is 9.82. The molecule has 31 heavy (non-hydrogen) atoms. The number of rotatable bonds is 5. The summed E-state index contributed by atoms with van der Waals surface area (Å²) < 4.78 is 45.1. The number of carbonyl (C=O) groups is 1. The van der Waals surface area contributed by atoms with Gasteiger partial charge in [-0.15, -0.1) is 0 Å². The SMILES string of the molecule is CC(C)c1cc(OC(=O)c2cc(I)cc(I)c2I)cc(C2CCCCC2)c1S(=O)(=O)[O-]. The van der Waals surface area contributed by atoms with Gasteiger partial charge in [-0.3, -0.25) is 0 Å². The fourth-order valence-electron chi connectivity index (χ4n) is 4.01. The minimum absolute atomic E-state index is 0.0256. The Kier molecular flexibility index (Phi) is 8.69. The summed E-state index contributed by atoms with van der Waals surface area (Å²) >= 11 is 6.46. The Morgan fingerprint density at radius 1 is 1.06 bits per heavy atom. The second-order valence-electron chi connectivity index (χ2n) is 8.01. The van der Waals surface area contributed by atoms with E-state index in [1.807, 2.05) is 19.9 Å². The molecule has 0 unspecified atom stereocenters. The van der Waals surface area contributed by atoms with Crippen LogP contribution in [-0.2, 0) is 10.1 Å². The van der Waals surface area contributed by atoms with Crippen LogP contribution < -0.4 is 4.74 Å². The first-order chi connectivity index (χ1) is 14.5. The van der Waals surface area contributed by atoms with Crippen LogP contribution in [0.2, 0.25) is 0 Å². The van der Waals surface area contributed by atoms with Gasteiger partial charge in [0, 0.05) is 10.7 Å². The molecule has 0 heterocycles. The van der Waals surface area contributed by atoms with Crippen LogP contribution in [-0.4, -0.2) is 18.9 Å². The summed E-state index contributed by atoms with van der Waals surface area (Å²) in [5.41, 5.74) is 1.37. The molecule has 0 bridgehead atoms. The van der Waals surface area contributed by atoms with Gasteiger partial charge in [0.2, 0.25) is 0 Å². The van der Waals surface area contributed by atoms with E-state index in [0.717, 1.165) is 42.8 Å². The van der Waals surface area contributed by atoms with Gasteiger partial charge in [-0.1, -0.05) is 33.1 Å². The van der Waals surface area contributed by atoms with Crippen molar-refractivity contribution >= 4 is 83.9 Å². The molecule has 0 saturated heterocycles. The van der Waals surface area contributed by atoms with E-state index < -0.39 is 16.1 Å². The number of benzene rings is 2. The van der Waals surface area contributed by atoms with Crippen LogP contribution in [0.4, 0.5) is 0 Å². The molecule has 5 nitrogen and oxygen atoms in total. The van der Waals surface area contributed by atoms with Crippen LogP contribution >= 0.6 is 67.8 Å². The lowest BCUT2D eigenvalue weighted by molar-refractivity contribution is 0.0733. The molecule has 1 aliphatic carbocycles. The zero-order chi connectivity index (χ0) is 22.9. The van der Waals surface area contributed by atoms with Gasteiger partial charge in [-0.05, 0) is 128 Å². The van der Waals surface area contributed by atoms with Crippen LogP contribution in [0.15, 0.2) is 29.2 Å². The lowest BCUT2D eigenvalue weighted by Gasteiger charge is -2.28. The molecule has 1 fully saturated rings. The van der Waals surface area contributed by atoms with E-state index in [-0.39, 0.29) is 22.5 Å². The van der Waals surface area contributed by atoms with E-state index in [1.165, 1.54) is 6.07 Å². The summed E-state index contributed by atoms with van der Waals surface area (Å²) in [7, 11) is -4.67. The van der Waals surface area contributed by atoms with Crippen LogP contribution in [0, 0.1) is 10.7 Å². The summed E-state index contributed by atoms with van der Waals surface area (Å²) in [6.45, 7) is 3.68. The molecule has 0 aliphatic heterocycles. The van der Waals surface area contributed by atoms with Crippen molar-refractivity contribution in [3.05, 3.63) is 51.7 Å². The molecule has 0 amide bonds. The molecule has 1 saturated carbocycles. The number of halogens is 3. The van der Waals surface area contributed by atoms with Crippen molar-refractivity contribution in [2.45, 2.75) is 62.7 Å². The van der Waals surface area contributed by atoms with E-state index >= 15 is 0 Å². The predicted molar refractivity (Wildman–Crippen MR) is 144 cm³/mol. The minimum Gasteiger partial charge on any atom is -0.744 e. The zero-order valence-electron chi connectivity index (χ0n) is 17.1. The highest BCUT2D eigenvalue weighted by molar-refractivity contribution is 14.1. The Hall–Kier alpha value is 0.01000. The standard InChI is InChI=1S/C22H23I3O5S/c1-12(2)16-10-15(30-22(26)18-8-14(23)9-19(24)20(18)25)11-17(21(16)31(27,28)29)13-6-4-3-5-7-13/h8-13H,3-7H2,1-2H3,(H,27,28,29)/p-1. The van der Waals surface area contributed by atoms with E-state index in [4.69, 9.17) is 4.74 Å². The van der Waals surface area contributed by atoms with Crippen molar-refractivity contribution in [3.63, 3.8) is 0 Å². The monoisotopic (exact) mass is 779 g/mol. The maximum absolute atomic E-state index is 13.0. The first-order valence-electron chi connectivity index (χ1n) is 9.99. The van der Waals surface area contributed by atoms with E-state index in [0.29, 0.717) is 16.7 Å². The normalized spacial score (nSPS) is 15.3. The van der Waals surface area contributed by atoms with Crippen LogP contribution in [0.1, 0.15) is 79.3 Å². The van der Waals surface area contributed by atoms with Gasteiger partial charge in [0.1, 0.15) is 15.9 Å². The van der Waals surface area contributed by atoms with Crippen LogP contribution in [0.3, 0.4) is 0 Å². The van der Waals surface area contributed by atoms with Gasteiger partial charge in [0.25, 0.3) is 0 Å². The molecule has 2 aromatic rings. The first-order valence-corrected chi connectivity index (χ1v) is 14.6. The van der Waals surface area contributed by atoms with Crippen molar-refractivity contribution in [3.8, 4) is 5.75 Å². The summed E-state index contributed by atoms with van der Waals surface area (Å²) in [6.07, 6.45) is 4.73. The number of esters is 1. The molecule has 0 N–H and O–H groups in total. The molecule has 0 spiro atoms. The smallest absolute Gasteiger partial charge is 0.344 e. The van der Waals surface area contributed by atoms with Crippen LogP contribution in [0.25, 0.3) is 0 Å². The second-order valence-corrected chi connectivity index (χ2v) is 12.8. The summed E-state index contributed by atoms with van der Waals surface area (Å²) in [4.78, 5) is 12.8. The molecule has 2 aromatic carbocycles. The largest absolute Gasteiger partial charge is 0.744 e. The number of hydrogen-bond donors (Lipinski definition) is 0. The average Bonchev–Trinajstić information content (AvgIpc) is 2.69. The van der Waals surface area contributed by atoms with Gasteiger partial charge < -0.3 is 9.29 Å². The summed E-state index contributed by atoms with van der Waals surface area (Å²) in [6, 6.07) is 6.88. The number of ether oxygens (including phenoxy) is 1. The van der Waals surface area contributed by atoms with Gasteiger partial charge in [0.15, 0.2) is 0 Å². The minimum atomic E-state index is -4.67. The highest BCUT2D eigenvalue weighted by Crippen LogP contribution is 2.41. The first kappa shape index (κ1) is 25.6. The summed E-state index contributed by atoms with van der Waals surface area (Å²) in [5, 5.41) is 0. The molecule has 168 valence electrons. The fourth-order valence-corrected chi connectivity index (χ4v) is 7.48. The van der Waals surface area contributed by atoms with Gasteiger partial charge in [-0.2, -0.15) is 0 Å². The highest BCUT2D eigenvalue weighted by atomic mass is 127. The molecule has 3 rings (SSSR count). The van der Waals surface area contributed by atoms with Crippen molar-refractivity contribution in [2.75, 3.05) is 0 Å². The fraction of sp³-hybridized carbons (Fsp3) is 0.409. The topological polar surface area (TPSA) is 83.5 Å². The van der Waals surface area contributed by atoms with Crippen molar-refractivity contribution in [2.24, 2.45) is 0 Å². The Morgan fingerprint density at radius 2 is 1.71 bits per heavy atom. The molecule has 0 radical (unpaired) electrons. The average molecular weight is 779 g/mol.